The van der Waals surface area contributed by atoms with Gasteiger partial charge in [0.1, 0.15) is 23.0 Å². The van der Waals surface area contributed by atoms with Crippen LogP contribution in [-0.2, 0) is 9.47 Å². The predicted octanol–water partition coefficient (Wildman–Crippen LogP) is 17.7. The highest BCUT2D eigenvalue weighted by atomic mass is 16.5. The number of carbonyl (C=O) groups excluding carboxylic acids is 2. The topological polar surface area (TPSA) is 136 Å². The summed E-state index contributed by atoms with van der Waals surface area (Å²) in [5.41, 5.74) is 3.08. The van der Waals surface area contributed by atoms with Gasteiger partial charge in [-0.3, -0.25) is 9.98 Å². The van der Waals surface area contributed by atoms with Crippen molar-refractivity contribution < 1.29 is 38.7 Å². The minimum absolute atomic E-state index is 0.0809. The number of phenols is 2. The molecule has 4 aromatic rings. The third-order valence-corrected chi connectivity index (χ3v) is 13.2. The second-order valence-corrected chi connectivity index (χ2v) is 19.6. The van der Waals surface area contributed by atoms with E-state index in [1.807, 2.05) is 12.1 Å². The smallest absolute Gasteiger partial charge is 0.338 e. The molecule has 0 aliphatic rings. The van der Waals surface area contributed by atoms with Crippen molar-refractivity contribution in [1.29, 1.82) is 0 Å². The third-order valence-electron chi connectivity index (χ3n) is 13.2. The normalized spacial score (nSPS) is 11.4. The predicted molar refractivity (Wildman–Crippen MR) is 300 cm³/mol. The van der Waals surface area contributed by atoms with Crippen LogP contribution in [0.4, 0.5) is 11.4 Å². The summed E-state index contributed by atoms with van der Waals surface area (Å²) in [6, 6.07) is 23.8. The van der Waals surface area contributed by atoms with Crippen LogP contribution in [-0.4, -0.2) is 61.0 Å². The van der Waals surface area contributed by atoms with Crippen molar-refractivity contribution in [3.63, 3.8) is 0 Å². The zero-order chi connectivity index (χ0) is 51.8. The van der Waals surface area contributed by atoms with E-state index in [1.54, 1.807) is 85.2 Å². The summed E-state index contributed by atoms with van der Waals surface area (Å²) in [6.07, 6.45) is 40.3. The van der Waals surface area contributed by atoms with Crippen molar-refractivity contribution in [2.24, 2.45) is 9.98 Å². The molecule has 0 heterocycles. The van der Waals surface area contributed by atoms with Crippen molar-refractivity contribution >= 4 is 35.7 Å². The van der Waals surface area contributed by atoms with Crippen LogP contribution >= 0.6 is 0 Å². The van der Waals surface area contributed by atoms with E-state index in [-0.39, 0.29) is 24.7 Å². The molecule has 0 unspecified atom stereocenters. The number of nitrogens with zero attached hydrogens (tertiary/aromatic N) is 2. The molecular weight excluding hydrogens is 913 g/mol. The fourth-order valence-corrected chi connectivity index (χ4v) is 8.63. The van der Waals surface area contributed by atoms with Crippen LogP contribution in [0.1, 0.15) is 232 Å². The maximum atomic E-state index is 12.6. The number of benzene rings is 4. The molecule has 73 heavy (non-hydrogen) atoms. The third kappa shape index (κ3) is 27.3. The average molecular weight is 1000 g/mol. The Balaban J connectivity index is 1.01. The van der Waals surface area contributed by atoms with Crippen LogP contribution in [0, 0.1) is 0 Å². The molecule has 10 heteroatoms. The van der Waals surface area contributed by atoms with Gasteiger partial charge < -0.3 is 29.2 Å². The quantitative estimate of drug-likeness (QED) is 0.0254. The van der Waals surface area contributed by atoms with E-state index >= 15 is 0 Å². The van der Waals surface area contributed by atoms with Gasteiger partial charge in [-0.15, -0.1) is 0 Å². The van der Waals surface area contributed by atoms with E-state index in [1.165, 1.54) is 154 Å². The fraction of sp³-hybridized carbons (Fsp3) is 0.556. The summed E-state index contributed by atoms with van der Waals surface area (Å²) < 4.78 is 22.6. The lowest BCUT2D eigenvalue weighted by molar-refractivity contribution is 0.0396. The molecule has 10 nitrogen and oxygen atoms in total. The number of rotatable bonds is 42. The van der Waals surface area contributed by atoms with Gasteiger partial charge in [0.15, 0.2) is 0 Å². The lowest BCUT2D eigenvalue weighted by Crippen LogP contribution is -2.11. The summed E-state index contributed by atoms with van der Waals surface area (Å²) in [5.74, 6) is 0.455. The summed E-state index contributed by atoms with van der Waals surface area (Å²) in [7, 11) is 0. The van der Waals surface area contributed by atoms with Crippen molar-refractivity contribution in [2.45, 2.75) is 200 Å². The molecule has 0 fully saturated rings. The minimum atomic E-state index is -0.492. The van der Waals surface area contributed by atoms with Crippen LogP contribution in [0.25, 0.3) is 0 Å². The molecule has 0 saturated heterocycles. The van der Waals surface area contributed by atoms with Gasteiger partial charge in [0, 0.05) is 42.1 Å². The first-order valence-electron chi connectivity index (χ1n) is 28.4. The zero-order valence-corrected chi connectivity index (χ0v) is 44.8. The van der Waals surface area contributed by atoms with E-state index < -0.39 is 11.9 Å². The van der Waals surface area contributed by atoms with Crippen LogP contribution in [0.2, 0.25) is 0 Å². The van der Waals surface area contributed by atoms with Gasteiger partial charge in [0.25, 0.3) is 0 Å². The second-order valence-electron chi connectivity index (χ2n) is 19.6. The van der Waals surface area contributed by atoms with Crippen LogP contribution in [0.3, 0.4) is 0 Å². The fourth-order valence-electron chi connectivity index (χ4n) is 8.63. The van der Waals surface area contributed by atoms with Gasteiger partial charge in [-0.25, -0.2) is 9.59 Å². The number of unbranched alkanes of at least 4 members (excludes halogenated alkanes) is 26. The standard InChI is InChI=1S/C63H90N2O8/c1-3-5-7-9-11-13-15-17-19-21-23-25-27-29-44-70-58-42-36-54(60(66)48-58)50-64-56-38-32-52(33-39-56)62(68)72-46-31-47-73-63(69)53-34-40-57(41-35-53)65-51-55-37-43-59(49-61(55)67)71-45-30-28-26-24-22-20-18-16-14-12-10-8-6-4-2/h32-43,48-51,66-67H,3-31,44-47H2,1-2H3. The Labute approximate surface area is 439 Å². The average Bonchev–Trinajstić information content (AvgIpc) is 3.40. The molecule has 0 spiro atoms. The number of hydrogen-bond donors (Lipinski definition) is 2. The van der Waals surface area contributed by atoms with Crippen molar-refractivity contribution in [3.8, 4) is 23.0 Å². The Morgan fingerprint density at radius 3 is 0.986 bits per heavy atom. The Morgan fingerprint density at radius 1 is 0.384 bits per heavy atom. The van der Waals surface area contributed by atoms with Crippen LogP contribution < -0.4 is 9.47 Å². The highest BCUT2D eigenvalue weighted by Gasteiger charge is 2.11. The van der Waals surface area contributed by atoms with Crippen molar-refractivity contribution in [3.05, 3.63) is 107 Å². The number of ether oxygens (including phenoxy) is 4. The Bertz CT molecular complexity index is 1980. The summed E-state index contributed by atoms with van der Waals surface area (Å²) >= 11 is 0. The molecule has 400 valence electrons. The Morgan fingerprint density at radius 2 is 0.685 bits per heavy atom. The van der Waals surface area contributed by atoms with E-state index in [0.717, 1.165) is 25.7 Å². The van der Waals surface area contributed by atoms with Crippen LogP contribution in [0.15, 0.2) is 94.9 Å². The molecule has 0 aliphatic carbocycles. The first-order chi connectivity index (χ1) is 35.9. The molecule has 0 atom stereocenters. The monoisotopic (exact) mass is 1000 g/mol. The highest BCUT2D eigenvalue weighted by Crippen LogP contribution is 2.26. The molecule has 0 saturated carbocycles. The number of phenolic OH excluding ortho intramolecular Hbond substituents is 2. The Kier molecular flexibility index (Phi) is 31.9. The van der Waals surface area contributed by atoms with E-state index in [4.69, 9.17) is 18.9 Å². The number of hydrogen-bond acceptors (Lipinski definition) is 10. The van der Waals surface area contributed by atoms with Gasteiger partial charge in [0.05, 0.1) is 48.9 Å². The minimum Gasteiger partial charge on any atom is -0.507 e. The van der Waals surface area contributed by atoms with Gasteiger partial charge in [-0.05, 0) is 85.6 Å². The van der Waals surface area contributed by atoms with E-state index in [9.17, 15) is 19.8 Å². The van der Waals surface area contributed by atoms with Gasteiger partial charge in [-0.1, -0.05) is 181 Å². The molecule has 0 amide bonds. The van der Waals surface area contributed by atoms with Crippen LogP contribution in [0.5, 0.6) is 23.0 Å². The Hall–Kier alpha value is -5.64. The number of esters is 2. The molecule has 0 aromatic heterocycles. The SMILES string of the molecule is CCCCCCCCCCCCCCCCOc1ccc(C=Nc2ccc(C(=O)OCCCOC(=O)c3ccc(N=Cc4ccc(OCCCCCCCCCCCCCCCC)cc4O)cc3)cc2)c(O)c1. The summed E-state index contributed by atoms with van der Waals surface area (Å²) in [4.78, 5) is 34.2. The lowest BCUT2D eigenvalue weighted by Gasteiger charge is -2.08. The second kappa shape index (κ2) is 38.9. The zero-order valence-electron chi connectivity index (χ0n) is 44.8. The van der Waals surface area contributed by atoms with Gasteiger partial charge >= 0.3 is 11.9 Å². The molecule has 4 aromatic carbocycles. The molecule has 2 N–H and O–H groups in total. The summed E-state index contributed by atoms with van der Waals surface area (Å²) in [6.45, 7) is 5.95. The lowest BCUT2D eigenvalue weighted by atomic mass is 10.0. The van der Waals surface area contributed by atoms with Crippen molar-refractivity contribution in [1.82, 2.24) is 0 Å². The number of carbonyl (C=O) groups is 2. The molecule has 0 radical (unpaired) electrons. The van der Waals surface area contributed by atoms with Gasteiger partial charge in [-0.2, -0.15) is 0 Å². The molecule has 0 bridgehead atoms. The number of aliphatic imine (C=N–C) groups is 2. The first kappa shape index (κ1) is 59.9. The largest absolute Gasteiger partial charge is 0.507 e. The number of aromatic hydroxyl groups is 2. The maximum Gasteiger partial charge on any atom is 0.338 e. The first-order valence-corrected chi connectivity index (χ1v) is 28.4. The summed E-state index contributed by atoms with van der Waals surface area (Å²) in [5, 5.41) is 21.2. The molecular formula is C63H90N2O8. The molecule has 4 rings (SSSR count). The molecule has 0 aliphatic heterocycles. The maximum absolute atomic E-state index is 12.6. The van der Waals surface area contributed by atoms with E-state index in [0.29, 0.717) is 64.8 Å². The van der Waals surface area contributed by atoms with Crippen molar-refractivity contribution in [2.75, 3.05) is 26.4 Å². The van der Waals surface area contributed by atoms with E-state index in [2.05, 4.69) is 23.8 Å². The van der Waals surface area contributed by atoms with Gasteiger partial charge in [0.2, 0.25) is 0 Å². The highest BCUT2D eigenvalue weighted by molar-refractivity contribution is 5.91.